The van der Waals surface area contributed by atoms with Gasteiger partial charge in [0.15, 0.2) is 0 Å². The molecule has 1 N–H and O–H groups in total. The molecule has 1 fully saturated rings. The minimum Gasteiger partial charge on any atom is -0.497 e. The third-order valence-electron chi connectivity index (χ3n) is 3.68. The quantitative estimate of drug-likeness (QED) is 0.926. The molecule has 116 valence electrons. The van der Waals surface area contributed by atoms with Crippen molar-refractivity contribution in [2.75, 3.05) is 20.2 Å². The summed E-state index contributed by atoms with van der Waals surface area (Å²) >= 11 is 0. The molecular weight excluding hydrogens is 264 g/mol. The van der Waals surface area contributed by atoms with Crippen LogP contribution in [0.4, 0.5) is 0 Å². The van der Waals surface area contributed by atoms with Crippen molar-refractivity contribution >= 4 is 5.91 Å². The molecule has 0 radical (unpaired) electrons. The number of carbonyl (C=O) groups excluding carboxylic acids is 1. The fourth-order valence-electron chi connectivity index (χ4n) is 2.69. The number of methoxy groups -OCH3 is 1. The SMILES string of the molecule is COc1cccc(CN2CCC(C(=O)NC(C)(C)C)C2)c1. The van der Waals surface area contributed by atoms with Crippen LogP contribution in [0.15, 0.2) is 24.3 Å². The summed E-state index contributed by atoms with van der Waals surface area (Å²) in [6, 6.07) is 8.12. The molecule has 1 atom stereocenters. The van der Waals surface area contributed by atoms with E-state index in [1.54, 1.807) is 7.11 Å². The minimum atomic E-state index is -0.155. The number of rotatable bonds is 4. The largest absolute Gasteiger partial charge is 0.497 e. The second-order valence-electron chi connectivity index (χ2n) is 6.81. The molecule has 1 unspecified atom stereocenters. The number of nitrogens with zero attached hydrogens (tertiary/aromatic N) is 1. The Balaban J connectivity index is 1.89. The van der Waals surface area contributed by atoms with Crippen LogP contribution in [-0.2, 0) is 11.3 Å². The third kappa shape index (κ3) is 4.74. The Kier molecular flexibility index (Phi) is 4.88. The van der Waals surface area contributed by atoms with Crippen LogP contribution in [0.2, 0.25) is 0 Å². The first-order valence-electron chi connectivity index (χ1n) is 7.55. The number of hydrogen-bond donors (Lipinski definition) is 1. The second kappa shape index (κ2) is 6.48. The molecule has 4 heteroatoms. The molecule has 1 aromatic rings. The summed E-state index contributed by atoms with van der Waals surface area (Å²) in [5.74, 6) is 1.17. The van der Waals surface area contributed by atoms with Crippen molar-refractivity contribution in [2.24, 2.45) is 5.92 Å². The van der Waals surface area contributed by atoms with Crippen LogP contribution in [-0.4, -0.2) is 36.5 Å². The molecule has 0 saturated carbocycles. The highest BCUT2D eigenvalue weighted by molar-refractivity contribution is 5.79. The number of ether oxygens (including phenoxy) is 1. The summed E-state index contributed by atoms with van der Waals surface area (Å²) < 4.78 is 5.25. The lowest BCUT2D eigenvalue weighted by molar-refractivity contribution is -0.126. The van der Waals surface area contributed by atoms with Gasteiger partial charge in [0, 0.05) is 18.6 Å². The van der Waals surface area contributed by atoms with E-state index in [0.717, 1.165) is 31.8 Å². The van der Waals surface area contributed by atoms with Gasteiger partial charge in [0.25, 0.3) is 0 Å². The molecule has 0 bridgehead atoms. The predicted octanol–water partition coefficient (Wildman–Crippen LogP) is 2.43. The van der Waals surface area contributed by atoms with Crippen LogP contribution in [0.5, 0.6) is 5.75 Å². The first kappa shape index (κ1) is 15.8. The normalized spacial score (nSPS) is 19.5. The second-order valence-corrected chi connectivity index (χ2v) is 6.81. The number of hydrogen-bond acceptors (Lipinski definition) is 3. The van der Waals surface area contributed by atoms with Gasteiger partial charge >= 0.3 is 0 Å². The van der Waals surface area contributed by atoms with Crippen molar-refractivity contribution in [3.63, 3.8) is 0 Å². The van der Waals surface area contributed by atoms with Crippen LogP contribution in [0.1, 0.15) is 32.8 Å². The van der Waals surface area contributed by atoms with E-state index in [-0.39, 0.29) is 17.4 Å². The number of likely N-dealkylation sites (tertiary alicyclic amines) is 1. The van der Waals surface area contributed by atoms with Crippen LogP contribution < -0.4 is 10.1 Å². The Bertz CT molecular complexity index is 494. The van der Waals surface area contributed by atoms with Gasteiger partial charge < -0.3 is 10.1 Å². The van der Waals surface area contributed by atoms with Crippen molar-refractivity contribution in [1.29, 1.82) is 0 Å². The Hall–Kier alpha value is -1.55. The molecule has 2 rings (SSSR count). The molecule has 1 aromatic carbocycles. The summed E-state index contributed by atoms with van der Waals surface area (Å²) in [6.07, 6.45) is 0.936. The average Bonchev–Trinajstić information content (AvgIpc) is 2.85. The van der Waals surface area contributed by atoms with Gasteiger partial charge in [-0.2, -0.15) is 0 Å². The fourth-order valence-corrected chi connectivity index (χ4v) is 2.69. The van der Waals surface area contributed by atoms with E-state index in [0.29, 0.717) is 0 Å². The van der Waals surface area contributed by atoms with E-state index in [2.05, 4.69) is 22.3 Å². The van der Waals surface area contributed by atoms with Gasteiger partial charge in [-0.3, -0.25) is 9.69 Å². The molecule has 1 heterocycles. The monoisotopic (exact) mass is 290 g/mol. The van der Waals surface area contributed by atoms with Crippen LogP contribution in [0, 0.1) is 5.92 Å². The third-order valence-corrected chi connectivity index (χ3v) is 3.68. The van der Waals surface area contributed by atoms with Crippen molar-refractivity contribution in [3.05, 3.63) is 29.8 Å². The van der Waals surface area contributed by atoms with Gasteiger partial charge in [-0.15, -0.1) is 0 Å². The molecule has 1 saturated heterocycles. The molecule has 21 heavy (non-hydrogen) atoms. The first-order chi connectivity index (χ1) is 9.87. The van der Waals surface area contributed by atoms with E-state index in [4.69, 9.17) is 4.74 Å². The summed E-state index contributed by atoms with van der Waals surface area (Å²) in [7, 11) is 1.68. The lowest BCUT2D eigenvalue weighted by Crippen LogP contribution is -2.44. The van der Waals surface area contributed by atoms with Gasteiger partial charge in [-0.1, -0.05) is 12.1 Å². The predicted molar refractivity (Wildman–Crippen MR) is 84.3 cm³/mol. The number of amides is 1. The Morgan fingerprint density at radius 1 is 1.43 bits per heavy atom. The highest BCUT2D eigenvalue weighted by atomic mass is 16.5. The molecule has 0 aliphatic carbocycles. The number of nitrogens with one attached hydrogen (secondary N) is 1. The van der Waals surface area contributed by atoms with E-state index in [1.807, 2.05) is 32.9 Å². The van der Waals surface area contributed by atoms with Crippen LogP contribution in [0.25, 0.3) is 0 Å². The maximum atomic E-state index is 12.2. The Labute approximate surface area is 127 Å². The molecule has 4 nitrogen and oxygen atoms in total. The molecule has 1 amide bonds. The van der Waals surface area contributed by atoms with Crippen LogP contribution >= 0.6 is 0 Å². The summed E-state index contributed by atoms with van der Waals surface area (Å²) in [6.45, 7) is 8.74. The zero-order valence-electron chi connectivity index (χ0n) is 13.5. The van der Waals surface area contributed by atoms with Crippen LogP contribution in [0.3, 0.4) is 0 Å². The molecular formula is C17H26N2O2. The fraction of sp³-hybridized carbons (Fsp3) is 0.588. The highest BCUT2D eigenvalue weighted by Crippen LogP contribution is 2.21. The molecule has 1 aliphatic rings. The zero-order chi connectivity index (χ0) is 15.5. The Morgan fingerprint density at radius 2 is 2.19 bits per heavy atom. The maximum Gasteiger partial charge on any atom is 0.224 e. The molecule has 0 spiro atoms. The molecule has 1 aliphatic heterocycles. The van der Waals surface area contributed by atoms with E-state index >= 15 is 0 Å². The van der Waals surface area contributed by atoms with Gasteiger partial charge in [-0.05, 0) is 51.4 Å². The van der Waals surface area contributed by atoms with Gasteiger partial charge in [0.1, 0.15) is 5.75 Å². The number of benzene rings is 1. The van der Waals surface area contributed by atoms with Crippen molar-refractivity contribution in [3.8, 4) is 5.75 Å². The van der Waals surface area contributed by atoms with E-state index in [1.165, 1.54) is 5.56 Å². The topological polar surface area (TPSA) is 41.6 Å². The smallest absolute Gasteiger partial charge is 0.224 e. The Morgan fingerprint density at radius 3 is 2.86 bits per heavy atom. The van der Waals surface area contributed by atoms with E-state index < -0.39 is 0 Å². The summed E-state index contributed by atoms with van der Waals surface area (Å²) in [4.78, 5) is 14.5. The average molecular weight is 290 g/mol. The van der Waals surface area contributed by atoms with Crippen molar-refractivity contribution in [2.45, 2.75) is 39.3 Å². The van der Waals surface area contributed by atoms with Crippen molar-refractivity contribution < 1.29 is 9.53 Å². The lowest BCUT2D eigenvalue weighted by atomic mass is 10.0. The first-order valence-corrected chi connectivity index (χ1v) is 7.55. The molecule has 0 aromatic heterocycles. The summed E-state index contributed by atoms with van der Waals surface area (Å²) in [5, 5.41) is 3.08. The summed E-state index contributed by atoms with van der Waals surface area (Å²) in [5.41, 5.74) is 1.07. The zero-order valence-corrected chi connectivity index (χ0v) is 13.5. The van der Waals surface area contributed by atoms with Gasteiger partial charge in [0.2, 0.25) is 5.91 Å². The number of carbonyl (C=O) groups is 1. The van der Waals surface area contributed by atoms with Crippen molar-refractivity contribution in [1.82, 2.24) is 10.2 Å². The lowest BCUT2D eigenvalue weighted by Gasteiger charge is -2.23. The van der Waals surface area contributed by atoms with Gasteiger partial charge in [-0.25, -0.2) is 0 Å². The van der Waals surface area contributed by atoms with Gasteiger partial charge in [0.05, 0.1) is 13.0 Å². The minimum absolute atomic E-state index is 0.106. The standard InChI is InChI=1S/C17H26N2O2/c1-17(2,3)18-16(20)14-8-9-19(12-14)11-13-6-5-7-15(10-13)21-4/h5-7,10,14H,8-9,11-12H2,1-4H3,(H,18,20). The highest BCUT2D eigenvalue weighted by Gasteiger charge is 2.30. The van der Waals surface area contributed by atoms with E-state index in [9.17, 15) is 4.79 Å². The maximum absolute atomic E-state index is 12.2.